The van der Waals surface area contributed by atoms with Crippen molar-refractivity contribution in [1.29, 1.82) is 0 Å². The van der Waals surface area contributed by atoms with E-state index in [2.05, 4.69) is 24.2 Å². The minimum absolute atomic E-state index is 0.222. The molecule has 1 heterocycles. The van der Waals surface area contributed by atoms with Gasteiger partial charge in [-0.1, -0.05) is 13.0 Å². The number of aromatic nitrogens is 2. The van der Waals surface area contributed by atoms with Crippen LogP contribution in [0.5, 0.6) is 5.75 Å². The van der Waals surface area contributed by atoms with E-state index in [-0.39, 0.29) is 5.41 Å². The molecule has 4 nitrogen and oxygen atoms in total. The van der Waals surface area contributed by atoms with Crippen molar-refractivity contribution < 1.29 is 9.90 Å². The number of Topliss-reactive ketones (excluding diaryl/α,β-unsaturated/α-hetero) is 1. The van der Waals surface area contributed by atoms with E-state index < -0.39 is 0 Å². The molecule has 2 saturated carbocycles. The number of carbonyl (C=O) groups is 1. The molecule has 4 atom stereocenters. The zero-order valence-electron chi connectivity index (χ0n) is 16.0. The highest BCUT2D eigenvalue weighted by atomic mass is 16.3. The van der Waals surface area contributed by atoms with Crippen LogP contribution in [0, 0.1) is 17.3 Å². The van der Waals surface area contributed by atoms with Gasteiger partial charge in [-0.3, -0.25) is 9.48 Å². The number of carbonyl (C=O) groups excluding carboxylic acids is 1. The monoisotopic (exact) mass is 362 g/mol. The third-order valence-electron chi connectivity index (χ3n) is 7.53. The van der Waals surface area contributed by atoms with Crippen LogP contribution in [-0.4, -0.2) is 20.7 Å². The van der Waals surface area contributed by atoms with Gasteiger partial charge in [0.2, 0.25) is 0 Å². The Morgan fingerprint density at radius 1 is 1.30 bits per heavy atom. The Labute approximate surface area is 159 Å². The predicted molar refractivity (Wildman–Crippen MR) is 104 cm³/mol. The van der Waals surface area contributed by atoms with Gasteiger partial charge >= 0.3 is 0 Å². The smallest absolute Gasteiger partial charge is 0.165 e. The van der Waals surface area contributed by atoms with Crippen LogP contribution in [0.3, 0.4) is 0 Å². The average Bonchev–Trinajstić information content (AvgIpc) is 3.17. The molecule has 4 heteroatoms. The second-order valence-corrected chi connectivity index (χ2v) is 8.84. The maximum atomic E-state index is 13.3. The molecule has 5 rings (SSSR count). The quantitative estimate of drug-likeness (QED) is 0.772. The van der Waals surface area contributed by atoms with Crippen LogP contribution in [0.4, 0.5) is 0 Å². The van der Waals surface area contributed by atoms with Gasteiger partial charge in [0.05, 0.1) is 5.69 Å². The highest BCUT2D eigenvalue weighted by Crippen LogP contribution is 2.60. The van der Waals surface area contributed by atoms with Crippen LogP contribution < -0.4 is 0 Å². The van der Waals surface area contributed by atoms with Gasteiger partial charge in [0.15, 0.2) is 5.78 Å². The Morgan fingerprint density at radius 2 is 2.15 bits per heavy atom. The number of rotatable bonds is 1. The Kier molecular flexibility index (Phi) is 3.62. The normalized spacial score (nSPS) is 33.6. The van der Waals surface area contributed by atoms with Gasteiger partial charge in [-0.15, -0.1) is 0 Å². The fraction of sp³-hybridized carbons (Fsp3) is 0.478. The Bertz CT molecular complexity index is 957. The van der Waals surface area contributed by atoms with Gasteiger partial charge in [0, 0.05) is 18.7 Å². The van der Waals surface area contributed by atoms with E-state index in [1.165, 1.54) is 11.1 Å². The van der Waals surface area contributed by atoms with Gasteiger partial charge in [-0.25, -0.2) is 0 Å². The van der Waals surface area contributed by atoms with E-state index in [0.29, 0.717) is 29.3 Å². The molecule has 0 spiro atoms. The third kappa shape index (κ3) is 2.42. The van der Waals surface area contributed by atoms with Gasteiger partial charge in [0.25, 0.3) is 0 Å². The lowest BCUT2D eigenvalue weighted by Crippen LogP contribution is -2.42. The Morgan fingerprint density at radius 3 is 2.93 bits per heavy atom. The van der Waals surface area contributed by atoms with Crippen LogP contribution >= 0.6 is 0 Å². The lowest BCUT2D eigenvalue weighted by Gasteiger charge is -2.48. The number of nitrogens with zero attached hydrogens (tertiary/aromatic N) is 2. The largest absolute Gasteiger partial charge is 0.508 e. The number of ketones is 1. The molecule has 0 aliphatic heterocycles. The van der Waals surface area contributed by atoms with E-state index in [1.807, 2.05) is 29.9 Å². The van der Waals surface area contributed by atoms with Crippen molar-refractivity contribution in [2.24, 2.45) is 24.3 Å². The number of phenolic OH excluding ortho intramolecular Hbond substituents is 1. The summed E-state index contributed by atoms with van der Waals surface area (Å²) in [5.74, 6) is 2.22. The first-order valence-corrected chi connectivity index (χ1v) is 10.0. The molecular weight excluding hydrogens is 336 g/mol. The van der Waals surface area contributed by atoms with Crippen LogP contribution in [0.1, 0.15) is 55.3 Å². The number of fused-ring (bicyclic) bond motifs is 5. The first-order valence-electron chi connectivity index (χ1n) is 10.0. The lowest BCUT2D eigenvalue weighted by molar-refractivity contribution is -0.127. The summed E-state index contributed by atoms with van der Waals surface area (Å²) in [6.07, 6.45) is 8.88. The molecule has 3 aliphatic rings. The van der Waals surface area contributed by atoms with Crippen molar-refractivity contribution in [2.45, 2.75) is 44.9 Å². The molecule has 140 valence electrons. The lowest BCUT2D eigenvalue weighted by atomic mass is 9.55. The fourth-order valence-electron chi connectivity index (χ4n) is 6.07. The highest BCUT2D eigenvalue weighted by molar-refractivity contribution is 6.05. The van der Waals surface area contributed by atoms with Crippen molar-refractivity contribution in [3.8, 4) is 5.75 Å². The maximum Gasteiger partial charge on any atom is 0.165 e. The van der Waals surface area contributed by atoms with Crippen molar-refractivity contribution in [3.63, 3.8) is 0 Å². The number of phenols is 1. The summed E-state index contributed by atoms with van der Waals surface area (Å²) >= 11 is 0. The van der Waals surface area contributed by atoms with Gasteiger partial charge in [-0.05, 0) is 90.8 Å². The molecule has 4 unspecified atom stereocenters. The zero-order chi connectivity index (χ0) is 18.8. The SMILES string of the molecule is Cn1nccc1C=C1CC2C3CCc4cc(O)ccc4C3CCC2(C)C1=O. The molecule has 0 saturated heterocycles. The summed E-state index contributed by atoms with van der Waals surface area (Å²) in [6, 6.07) is 7.85. The Hall–Kier alpha value is -2.36. The molecule has 1 aromatic heterocycles. The fourth-order valence-corrected chi connectivity index (χ4v) is 6.07. The minimum Gasteiger partial charge on any atom is -0.508 e. The summed E-state index contributed by atoms with van der Waals surface area (Å²) in [5, 5.41) is 14.1. The molecule has 3 aliphatic carbocycles. The zero-order valence-corrected chi connectivity index (χ0v) is 16.0. The van der Waals surface area contributed by atoms with E-state index in [0.717, 1.165) is 43.4 Å². The maximum absolute atomic E-state index is 13.3. The number of hydrogen-bond acceptors (Lipinski definition) is 3. The average molecular weight is 362 g/mol. The van der Waals surface area contributed by atoms with Gasteiger partial charge in [0.1, 0.15) is 5.75 Å². The summed E-state index contributed by atoms with van der Waals surface area (Å²) in [7, 11) is 1.92. The first-order chi connectivity index (χ1) is 13.0. The standard InChI is InChI=1S/C23H26N2O2/c1-23-9-7-19-18-6-4-17(26)12-14(18)3-5-20(19)21(23)13-15(22(23)27)11-16-8-10-24-25(16)2/h4,6,8,10-12,19-21,26H,3,5,7,9,13H2,1-2H3. The molecule has 1 N–H and O–H groups in total. The minimum atomic E-state index is -0.222. The first kappa shape index (κ1) is 16.8. The molecule has 0 amide bonds. The van der Waals surface area contributed by atoms with Crippen molar-refractivity contribution in [2.75, 3.05) is 0 Å². The highest BCUT2D eigenvalue weighted by Gasteiger charge is 2.56. The topological polar surface area (TPSA) is 55.1 Å². The number of aryl methyl sites for hydroxylation is 2. The summed E-state index contributed by atoms with van der Waals surface area (Å²) in [6.45, 7) is 2.20. The van der Waals surface area contributed by atoms with E-state index in [4.69, 9.17) is 0 Å². The van der Waals surface area contributed by atoms with Crippen LogP contribution in [0.25, 0.3) is 6.08 Å². The molecule has 0 bridgehead atoms. The molecule has 1 aromatic carbocycles. The molecule has 2 fully saturated rings. The van der Waals surface area contributed by atoms with Crippen LogP contribution in [0.2, 0.25) is 0 Å². The molecule has 0 radical (unpaired) electrons. The van der Waals surface area contributed by atoms with Crippen molar-refractivity contribution in [1.82, 2.24) is 9.78 Å². The van der Waals surface area contributed by atoms with Crippen molar-refractivity contribution in [3.05, 3.63) is 52.9 Å². The number of benzene rings is 1. The molecule has 2 aromatic rings. The van der Waals surface area contributed by atoms with Crippen LogP contribution in [-0.2, 0) is 18.3 Å². The molecule has 27 heavy (non-hydrogen) atoms. The van der Waals surface area contributed by atoms with Crippen LogP contribution in [0.15, 0.2) is 36.0 Å². The van der Waals surface area contributed by atoms with E-state index >= 15 is 0 Å². The van der Waals surface area contributed by atoms with Crippen molar-refractivity contribution >= 4 is 11.9 Å². The Balaban J connectivity index is 1.51. The van der Waals surface area contributed by atoms with E-state index in [9.17, 15) is 9.90 Å². The summed E-state index contributed by atoms with van der Waals surface area (Å²) in [5.41, 5.74) is 4.46. The number of allylic oxidation sites excluding steroid dienone is 1. The summed E-state index contributed by atoms with van der Waals surface area (Å²) < 4.78 is 1.83. The number of aromatic hydroxyl groups is 1. The number of hydrogen-bond donors (Lipinski definition) is 1. The van der Waals surface area contributed by atoms with Gasteiger partial charge in [-0.2, -0.15) is 5.10 Å². The predicted octanol–water partition coefficient (Wildman–Crippen LogP) is 4.24. The molecular formula is C23H26N2O2. The second-order valence-electron chi connectivity index (χ2n) is 8.84. The van der Waals surface area contributed by atoms with Gasteiger partial charge < -0.3 is 5.11 Å². The second kappa shape index (κ2) is 5.82. The third-order valence-corrected chi connectivity index (χ3v) is 7.53. The van der Waals surface area contributed by atoms with E-state index in [1.54, 1.807) is 6.20 Å². The summed E-state index contributed by atoms with van der Waals surface area (Å²) in [4.78, 5) is 13.3.